The second-order valence-corrected chi connectivity index (χ2v) is 5.09. The van der Waals surface area contributed by atoms with Gasteiger partial charge in [0.2, 0.25) is 5.95 Å². The Morgan fingerprint density at radius 3 is 2.86 bits per heavy atom. The van der Waals surface area contributed by atoms with E-state index in [-0.39, 0.29) is 23.7 Å². The number of fused-ring (bicyclic) bond motifs is 1. The number of imidazole rings is 1. The quantitative estimate of drug-likeness (QED) is 0.523. The summed E-state index contributed by atoms with van der Waals surface area (Å²) in [5, 5.41) is 19.4. The second kappa shape index (κ2) is 5.32. The first-order valence-electron chi connectivity index (χ1n) is 6.69. The predicted octanol–water partition coefficient (Wildman–Crippen LogP) is -1.72. The SMILES string of the molecule is COC1C(O)[C@@H](CO)O[C@H]1n1c(C)nc2c(=O)[nH]c(N)nc21. The molecule has 0 radical (unpaired) electrons. The normalized spacial score (nSPS) is 28.5. The zero-order chi connectivity index (χ0) is 16.0. The molecule has 0 bridgehead atoms. The number of hydrogen-bond donors (Lipinski definition) is 4. The first-order chi connectivity index (χ1) is 10.5. The molecule has 2 unspecified atom stereocenters. The number of nitrogen functional groups attached to an aromatic ring is 1. The van der Waals surface area contributed by atoms with E-state index in [0.717, 1.165) is 0 Å². The van der Waals surface area contributed by atoms with E-state index < -0.39 is 30.1 Å². The lowest BCUT2D eigenvalue weighted by Crippen LogP contribution is -2.34. The number of aryl methyl sites for hydroxylation is 1. The highest BCUT2D eigenvalue weighted by atomic mass is 16.6. The third-order valence-corrected chi connectivity index (χ3v) is 3.76. The zero-order valence-corrected chi connectivity index (χ0v) is 12.1. The van der Waals surface area contributed by atoms with Crippen LogP contribution in [0.5, 0.6) is 0 Å². The standard InChI is InChI=1S/C12H17N5O5/c1-4-14-6-9(15-12(13)16-10(6)20)17(4)11-8(21-2)7(19)5(3-18)22-11/h5,7-8,11,18-19H,3H2,1-2H3,(H3,13,15,16,20)/t5-,7?,8?,11-/m1/s1. The van der Waals surface area contributed by atoms with Gasteiger partial charge in [0.05, 0.1) is 6.61 Å². The Hall–Kier alpha value is -2.01. The van der Waals surface area contributed by atoms with Crippen molar-refractivity contribution in [2.45, 2.75) is 31.5 Å². The first-order valence-corrected chi connectivity index (χ1v) is 6.69. The molecule has 0 saturated carbocycles. The van der Waals surface area contributed by atoms with Crippen molar-refractivity contribution in [1.82, 2.24) is 19.5 Å². The van der Waals surface area contributed by atoms with Crippen LogP contribution in [0.2, 0.25) is 0 Å². The van der Waals surface area contributed by atoms with Crippen LogP contribution in [0, 0.1) is 6.92 Å². The molecule has 10 nitrogen and oxygen atoms in total. The van der Waals surface area contributed by atoms with Crippen molar-refractivity contribution in [2.75, 3.05) is 19.5 Å². The zero-order valence-electron chi connectivity index (χ0n) is 12.1. The molecule has 3 heterocycles. The molecule has 4 atom stereocenters. The monoisotopic (exact) mass is 311 g/mol. The number of hydrogen-bond acceptors (Lipinski definition) is 8. The van der Waals surface area contributed by atoms with Gasteiger partial charge in [-0.05, 0) is 6.92 Å². The molecule has 2 aromatic heterocycles. The lowest BCUT2D eigenvalue weighted by molar-refractivity contribution is -0.0592. The number of aliphatic hydroxyl groups is 2. The summed E-state index contributed by atoms with van der Waals surface area (Å²) in [7, 11) is 1.42. The highest BCUT2D eigenvalue weighted by Gasteiger charge is 2.45. The lowest BCUT2D eigenvalue weighted by atomic mass is 10.1. The minimum Gasteiger partial charge on any atom is -0.394 e. The van der Waals surface area contributed by atoms with Gasteiger partial charge in [-0.3, -0.25) is 14.3 Å². The van der Waals surface area contributed by atoms with Crippen molar-refractivity contribution in [3.8, 4) is 0 Å². The molecule has 120 valence electrons. The Balaban J connectivity index is 2.17. The summed E-state index contributed by atoms with van der Waals surface area (Å²) >= 11 is 0. The molecule has 10 heteroatoms. The first kappa shape index (κ1) is 14.9. The van der Waals surface area contributed by atoms with Gasteiger partial charge < -0.3 is 25.4 Å². The van der Waals surface area contributed by atoms with E-state index in [9.17, 15) is 15.0 Å². The number of aliphatic hydroxyl groups excluding tert-OH is 2. The largest absolute Gasteiger partial charge is 0.394 e. The van der Waals surface area contributed by atoms with E-state index in [2.05, 4.69) is 15.0 Å². The maximum Gasteiger partial charge on any atom is 0.280 e. The molecule has 2 aromatic rings. The molecular formula is C12H17N5O5. The summed E-state index contributed by atoms with van der Waals surface area (Å²) in [6, 6.07) is 0. The fourth-order valence-electron chi connectivity index (χ4n) is 2.75. The van der Waals surface area contributed by atoms with Crippen molar-refractivity contribution >= 4 is 17.1 Å². The van der Waals surface area contributed by atoms with E-state index in [1.807, 2.05) is 0 Å². The summed E-state index contributed by atoms with van der Waals surface area (Å²) in [6.07, 6.45) is -3.34. The van der Waals surface area contributed by atoms with Crippen molar-refractivity contribution in [2.24, 2.45) is 0 Å². The Morgan fingerprint density at radius 1 is 1.50 bits per heavy atom. The number of rotatable bonds is 3. The van der Waals surface area contributed by atoms with Gasteiger partial charge in [0.15, 0.2) is 17.4 Å². The van der Waals surface area contributed by atoms with Gasteiger partial charge in [-0.2, -0.15) is 4.98 Å². The summed E-state index contributed by atoms with van der Waals surface area (Å²) in [5.41, 5.74) is 5.47. The van der Waals surface area contributed by atoms with Crippen LogP contribution < -0.4 is 11.3 Å². The molecule has 3 rings (SSSR count). The highest BCUT2D eigenvalue weighted by molar-refractivity contribution is 5.71. The third kappa shape index (κ3) is 2.08. The van der Waals surface area contributed by atoms with Crippen LogP contribution in [0.1, 0.15) is 12.1 Å². The molecule has 1 saturated heterocycles. The predicted molar refractivity (Wildman–Crippen MR) is 75.1 cm³/mol. The summed E-state index contributed by atoms with van der Waals surface area (Å²) < 4.78 is 12.5. The number of aromatic amines is 1. The summed E-state index contributed by atoms with van der Waals surface area (Å²) in [4.78, 5) is 22.5. The van der Waals surface area contributed by atoms with Crippen LogP contribution in [0.3, 0.4) is 0 Å². The average molecular weight is 311 g/mol. The minimum absolute atomic E-state index is 0.0510. The number of ether oxygens (including phenoxy) is 2. The number of nitrogens with one attached hydrogen (secondary N) is 1. The van der Waals surface area contributed by atoms with Crippen LogP contribution in [0.15, 0.2) is 4.79 Å². The summed E-state index contributed by atoms with van der Waals surface area (Å²) in [6.45, 7) is 1.31. The number of anilines is 1. The molecule has 1 aliphatic rings. The third-order valence-electron chi connectivity index (χ3n) is 3.76. The van der Waals surface area contributed by atoms with E-state index in [1.165, 1.54) is 11.7 Å². The molecule has 1 aliphatic heterocycles. The Morgan fingerprint density at radius 2 is 2.23 bits per heavy atom. The van der Waals surface area contributed by atoms with Crippen molar-refractivity contribution in [1.29, 1.82) is 0 Å². The summed E-state index contributed by atoms with van der Waals surface area (Å²) in [5.74, 6) is 0.404. The second-order valence-electron chi connectivity index (χ2n) is 5.09. The van der Waals surface area contributed by atoms with E-state index in [0.29, 0.717) is 5.82 Å². The van der Waals surface area contributed by atoms with Crippen LogP contribution in [-0.4, -0.2) is 61.8 Å². The number of nitrogens with two attached hydrogens (primary N) is 1. The maximum absolute atomic E-state index is 11.9. The number of H-pyrrole nitrogens is 1. The molecular weight excluding hydrogens is 294 g/mol. The van der Waals surface area contributed by atoms with E-state index in [4.69, 9.17) is 15.2 Å². The van der Waals surface area contributed by atoms with Crippen LogP contribution in [0.4, 0.5) is 5.95 Å². The van der Waals surface area contributed by atoms with Crippen LogP contribution in [0.25, 0.3) is 11.2 Å². The molecule has 0 aromatic carbocycles. The van der Waals surface area contributed by atoms with Crippen molar-refractivity contribution < 1.29 is 19.7 Å². The molecule has 22 heavy (non-hydrogen) atoms. The number of methoxy groups -OCH3 is 1. The van der Waals surface area contributed by atoms with E-state index >= 15 is 0 Å². The fraction of sp³-hybridized carbons (Fsp3) is 0.583. The van der Waals surface area contributed by atoms with Crippen LogP contribution >= 0.6 is 0 Å². The Bertz CT molecular complexity index is 756. The van der Waals surface area contributed by atoms with Gasteiger partial charge in [-0.25, -0.2) is 4.98 Å². The molecule has 0 aliphatic carbocycles. The molecule has 1 fully saturated rings. The topological polar surface area (TPSA) is 149 Å². The van der Waals surface area contributed by atoms with Gasteiger partial charge in [0, 0.05) is 7.11 Å². The van der Waals surface area contributed by atoms with E-state index in [1.54, 1.807) is 6.92 Å². The van der Waals surface area contributed by atoms with Gasteiger partial charge >= 0.3 is 0 Å². The van der Waals surface area contributed by atoms with Crippen molar-refractivity contribution in [3.05, 3.63) is 16.2 Å². The highest BCUT2D eigenvalue weighted by Crippen LogP contribution is 2.33. The van der Waals surface area contributed by atoms with Gasteiger partial charge in [0.25, 0.3) is 5.56 Å². The van der Waals surface area contributed by atoms with Gasteiger partial charge in [-0.15, -0.1) is 0 Å². The Kier molecular flexibility index (Phi) is 3.60. The van der Waals surface area contributed by atoms with Crippen molar-refractivity contribution in [3.63, 3.8) is 0 Å². The molecule has 0 amide bonds. The van der Waals surface area contributed by atoms with Gasteiger partial charge in [-0.1, -0.05) is 0 Å². The minimum atomic E-state index is -1.02. The molecule has 0 spiro atoms. The average Bonchev–Trinajstić information content (AvgIpc) is 2.95. The molecule has 5 N–H and O–H groups in total. The lowest BCUT2D eigenvalue weighted by Gasteiger charge is -2.21. The smallest absolute Gasteiger partial charge is 0.280 e. The number of nitrogens with zero attached hydrogens (tertiary/aromatic N) is 3. The van der Waals surface area contributed by atoms with Crippen LogP contribution in [-0.2, 0) is 9.47 Å². The van der Waals surface area contributed by atoms with Gasteiger partial charge in [0.1, 0.15) is 24.1 Å². The Labute approximate surface area is 124 Å². The number of aromatic nitrogens is 4. The fourth-order valence-corrected chi connectivity index (χ4v) is 2.75. The maximum atomic E-state index is 11.9.